The van der Waals surface area contributed by atoms with Crippen molar-refractivity contribution in [3.63, 3.8) is 0 Å². The molecule has 0 atom stereocenters. The molecule has 116 valence electrons. The molecule has 0 fully saturated rings. The van der Waals surface area contributed by atoms with Crippen molar-refractivity contribution >= 4 is 32.3 Å². The molecule has 0 saturated carbocycles. The first kappa shape index (κ1) is 15.0. The summed E-state index contributed by atoms with van der Waals surface area (Å²) < 4.78 is 0.711. The normalized spacial score (nSPS) is 11.8. The van der Waals surface area contributed by atoms with E-state index < -0.39 is 0 Å². The Balaban J connectivity index is 1.94. The number of thiophene rings is 1. The van der Waals surface area contributed by atoms with Gasteiger partial charge < -0.3 is 20.3 Å². The van der Waals surface area contributed by atoms with Crippen LogP contribution in [0.1, 0.15) is 4.88 Å². The number of phenolic OH excluding ortho intramolecular Hbond substituents is 1. The third kappa shape index (κ3) is 2.99. The Labute approximate surface area is 132 Å². The van der Waals surface area contributed by atoms with Gasteiger partial charge in [-0.1, -0.05) is 0 Å². The molecule has 1 aromatic carbocycles. The zero-order chi connectivity index (χ0) is 15.7. The van der Waals surface area contributed by atoms with Crippen LogP contribution in [0.25, 0.3) is 21.0 Å². The molecule has 22 heavy (non-hydrogen) atoms. The van der Waals surface area contributed by atoms with Crippen LogP contribution in [0.3, 0.4) is 0 Å². The predicted octanol–water partition coefficient (Wildman–Crippen LogP) is 2.10. The van der Waals surface area contributed by atoms with Crippen molar-refractivity contribution in [2.75, 3.05) is 27.2 Å². The molecule has 5 nitrogen and oxygen atoms in total. The summed E-state index contributed by atoms with van der Waals surface area (Å²) in [5.41, 5.74) is 0.679. The molecule has 0 spiro atoms. The van der Waals surface area contributed by atoms with Crippen molar-refractivity contribution in [2.45, 2.75) is 6.54 Å². The number of pyridine rings is 1. The minimum atomic E-state index is -0.0715. The summed E-state index contributed by atoms with van der Waals surface area (Å²) >= 11 is 1.50. The zero-order valence-corrected chi connectivity index (χ0v) is 13.5. The van der Waals surface area contributed by atoms with E-state index in [-0.39, 0.29) is 11.3 Å². The molecular weight excluding hydrogens is 298 g/mol. The van der Waals surface area contributed by atoms with Gasteiger partial charge in [0.1, 0.15) is 10.4 Å². The molecule has 3 N–H and O–H groups in total. The van der Waals surface area contributed by atoms with Gasteiger partial charge in [0.2, 0.25) is 0 Å². The van der Waals surface area contributed by atoms with Gasteiger partial charge in [-0.25, -0.2) is 0 Å². The summed E-state index contributed by atoms with van der Waals surface area (Å²) in [4.78, 5) is 18.3. The number of aromatic nitrogens is 1. The maximum atomic E-state index is 12.2. The number of H-pyrrole nitrogens is 1. The summed E-state index contributed by atoms with van der Waals surface area (Å²) in [5.74, 6) is 0.206. The lowest BCUT2D eigenvalue weighted by Crippen LogP contribution is -2.25. The summed E-state index contributed by atoms with van der Waals surface area (Å²) in [6, 6.07) is 7.06. The van der Waals surface area contributed by atoms with Gasteiger partial charge in [0.25, 0.3) is 5.56 Å². The molecule has 3 aromatic rings. The summed E-state index contributed by atoms with van der Waals surface area (Å²) in [5, 5.41) is 14.9. The fourth-order valence-electron chi connectivity index (χ4n) is 2.46. The highest BCUT2D eigenvalue weighted by Crippen LogP contribution is 2.30. The van der Waals surface area contributed by atoms with E-state index >= 15 is 0 Å². The van der Waals surface area contributed by atoms with Crippen molar-refractivity contribution in [2.24, 2.45) is 0 Å². The van der Waals surface area contributed by atoms with Crippen LogP contribution in [-0.4, -0.2) is 42.2 Å². The Morgan fingerprint density at radius 3 is 2.86 bits per heavy atom. The standard InChI is InChI=1S/C16H19N3O2S/c1-19(2)6-5-17-9-11-8-13-12-7-10(20)3-4-14(12)18-16(21)15(13)22-11/h3-4,7-8,17,20H,5-6,9H2,1-2H3,(H,18,21). The first-order chi connectivity index (χ1) is 10.5. The van der Waals surface area contributed by atoms with Gasteiger partial charge in [-0.3, -0.25) is 4.79 Å². The molecule has 0 aliphatic heterocycles. The summed E-state index contributed by atoms with van der Waals surface area (Å²) in [6.45, 7) is 2.62. The highest BCUT2D eigenvalue weighted by Gasteiger charge is 2.10. The molecular formula is C16H19N3O2S. The van der Waals surface area contributed by atoms with E-state index in [0.29, 0.717) is 4.70 Å². The minimum Gasteiger partial charge on any atom is -0.508 e. The second kappa shape index (κ2) is 6.08. The lowest BCUT2D eigenvalue weighted by atomic mass is 10.1. The number of aromatic hydroxyl groups is 1. The van der Waals surface area contributed by atoms with Gasteiger partial charge in [0.05, 0.1) is 0 Å². The number of hydrogen-bond acceptors (Lipinski definition) is 5. The first-order valence-corrected chi connectivity index (χ1v) is 7.99. The predicted molar refractivity (Wildman–Crippen MR) is 91.9 cm³/mol. The van der Waals surface area contributed by atoms with Gasteiger partial charge in [0.15, 0.2) is 0 Å². The van der Waals surface area contributed by atoms with Gasteiger partial charge in [-0.2, -0.15) is 0 Å². The van der Waals surface area contributed by atoms with Crippen molar-refractivity contribution in [3.05, 3.63) is 39.5 Å². The van der Waals surface area contributed by atoms with E-state index in [9.17, 15) is 9.90 Å². The molecule has 0 saturated heterocycles. The van der Waals surface area contributed by atoms with Crippen LogP contribution in [0.4, 0.5) is 0 Å². The van der Waals surface area contributed by atoms with Crippen LogP contribution >= 0.6 is 11.3 Å². The lowest BCUT2D eigenvalue weighted by molar-refractivity contribution is 0.400. The Morgan fingerprint density at radius 1 is 1.27 bits per heavy atom. The fraction of sp³-hybridized carbons (Fsp3) is 0.312. The van der Waals surface area contributed by atoms with Crippen molar-refractivity contribution in [3.8, 4) is 5.75 Å². The Kier molecular flexibility index (Phi) is 4.15. The maximum absolute atomic E-state index is 12.2. The molecule has 2 heterocycles. The Hall–Kier alpha value is -1.89. The van der Waals surface area contributed by atoms with E-state index in [0.717, 1.165) is 40.8 Å². The monoisotopic (exact) mass is 317 g/mol. The fourth-order valence-corrected chi connectivity index (χ4v) is 3.49. The molecule has 6 heteroatoms. The summed E-state index contributed by atoms with van der Waals surface area (Å²) in [7, 11) is 4.08. The first-order valence-electron chi connectivity index (χ1n) is 7.17. The molecule has 2 aromatic heterocycles. The van der Waals surface area contributed by atoms with Crippen LogP contribution < -0.4 is 10.9 Å². The number of rotatable bonds is 5. The summed E-state index contributed by atoms with van der Waals surface area (Å²) in [6.07, 6.45) is 0. The molecule has 3 rings (SSSR count). The average molecular weight is 317 g/mol. The third-order valence-corrected chi connectivity index (χ3v) is 4.70. The number of fused-ring (bicyclic) bond motifs is 3. The molecule has 0 bridgehead atoms. The van der Waals surface area contributed by atoms with E-state index in [2.05, 4.69) is 15.2 Å². The van der Waals surface area contributed by atoms with Crippen LogP contribution in [0.5, 0.6) is 5.75 Å². The molecule has 0 radical (unpaired) electrons. The van der Waals surface area contributed by atoms with Gasteiger partial charge in [-0.15, -0.1) is 11.3 Å². The number of benzene rings is 1. The molecule has 0 aliphatic carbocycles. The number of nitrogens with one attached hydrogen (secondary N) is 2. The smallest absolute Gasteiger partial charge is 0.266 e. The Morgan fingerprint density at radius 2 is 2.09 bits per heavy atom. The van der Waals surface area contributed by atoms with Crippen molar-refractivity contribution in [1.29, 1.82) is 0 Å². The number of phenols is 1. The van der Waals surface area contributed by atoms with E-state index in [1.165, 1.54) is 11.3 Å². The average Bonchev–Trinajstić information content (AvgIpc) is 2.89. The number of likely N-dealkylation sites (N-methyl/N-ethyl adjacent to an activating group) is 1. The van der Waals surface area contributed by atoms with Gasteiger partial charge in [0, 0.05) is 40.8 Å². The second-order valence-corrected chi connectivity index (χ2v) is 6.76. The van der Waals surface area contributed by atoms with Crippen LogP contribution in [0, 0.1) is 0 Å². The third-order valence-electron chi connectivity index (χ3n) is 3.57. The SMILES string of the molecule is CN(C)CCNCc1cc2c(s1)c(=O)[nH]c1ccc(O)cc12. The highest BCUT2D eigenvalue weighted by molar-refractivity contribution is 7.19. The Bertz CT molecular complexity index is 867. The lowest BCUT2D eigenvalue weighted by Gasteiger charge is -2.09. The van der Waals surface area contributed by atoms with Crippen LogP contribution in [0.15, 0.2) is 29.1 Å². The molecule has 0 aliphatic rings. The largest absolute Gasteiger partial charge is 0.508 e. The van der Waals surface area contributed by atoms with Gasteiger partial charge in [-0.05, 0) is 38.4 Å². The van der Waals surface area contributed by atoms with Crippen LogP contribution in [0.2, 0.25) is 0 Å². The highest BCUT2D eigenvalue weighted by atomic mass is 32.1. The van der Waals surface area contributed by atoms with E-state index in [1.54, 1.807) is 18.2 Å². The topological polar surface area (TPSA) is 68.4 Å². The second-order valence-electron chi connectivity index (χ2n) is 5.62. The zero-order valence-electron chi connectivity index (χ0n) is 12.6. The number of aromatic amines is 1. The minimum absolute atomic E-state index is 0.0715. The van der Waals surface area contributed by atoms with E-state index in [4.69, 9.17) is 0 Å². The number of hydrogen-bond donors (Lipinski definition) is 3. The number of nitrogens with zero attached hydrogens (tertiary/aromatic N) is 1. The van der Waals surface area contributed by atoms with Crippen LogP contribution in [-0.2, 0) is 6.54 Å². The molecule has 0 amide bonds. The quantitative estimate of drug-likeness (QED) is 0.630. The van der Waals surface area contributed by atoms with Crippen molar-refractivity contribution in [1.82, 2.24) is 15.2 Å². The van der Waals surface area contributed by atoms with E-state index in [1.807, 2.05) is 20.2 Å². The van der Waals surface area contributed by atoms with Gasteiger partial charge >= 0.3 is 0 Å². The van der Waals surface area contributed by atoms with Crippen molar-refractivity contribution < 1.29 is 5.11 Å². The molecule has 0 unspecified atom stereocenters. The maximum Gasteiger partial charge on any atom is 0.266 e.